The molecule has 2 amide bonds. The molecule has 0 bridgehead atoms. The predicted molar refractivity (Wildman–Crippen MR) is 179 cm³/mol. The number of rotatable bonds is 13. The molecule has 0 spiro atoms. The Morgan fingerprint density at radius 2 is 1.53 bits per heavy atom. The van der Waals surface area contributed by atoms with Crippen molar-refractivity contribution < 1.29 is 31.2 Å². The molecule has 7 nitrogen and oxygen atoms in total. The number of aryl methyl sites for hydroxylation is 1. The summed E-state index contributed by atoms with van der Waals surface area (Å²) in [4.78, 5) is 29.2. The molecule has 4 aromatic rings. The predicted octanol–water partition coefficient (Wildman–Crippen LogP) is 7.14. The maximum absolute atomic E-state index is 14.4. The zero-order chi connectivity index (χ0) is 34.2. The van der Waals surface area contributed by atoms with Gasteiger partial charge in [0.2, 0.25) is 11.8 Å². The number of amides is 2. The first kappa shape index (κ1) is 35.7. The lowest BCUT2D eigenvalue weighted by Gasteiger charge is -2.34. The molecule has 0 aliphatic carbocycles. The molecule has 0 saturated carbocycles. The molecular weight excluding hydrogens is 695 g/mol. The van der Waals surface area contributed by atoms with Crippen molar-refractivity contribution in [3.63, 3.8) is 0 Å². The number of hydrogen-bond acceptors (Lipinski definition) is 4. The monoisotopic (exact) mass is 729 g/mol. The van der Waals surface area contributed by atoms with E-state index >= 15 is 0 Å². The minimum Gasteiger partial charge on any atom is -0.354 e. The van der Waals surface area contributed by atoms with E-state index in [-0.39, 0.29) is 23.5 Å². The van der Waals surface area contributed by atoms with Crippen LogP contribution in [0, 0.1) is 6.92 Å². The molecule has 1 atom stereocenters. The van der Waals surface area contributed by atoms with Gasteiger partial charge < -0.3 is 10.2 Å². The molecule has 248 valence electrons. The van der Waals surface area contributed by atoms with Gasteiger partial charge in [-0.25, -0.2) is 8.42 Å². The van der Waals surface area contributed by atoms with Crippen molar-refractivity contribution in [1.29, 1.82) is 0 Å². The van der Waals surface area contributed by atoms with Crippen LogP contribution in [-0.4, -0.2) is 44.3 Å². The summed E-state index contributed by atoms with van der Waals surface area (Å²) in [6.45, 7) is 3.08. The minimum absolute atomic E-state index is 0.0653. The normalized spacial score (nSPS) is 12.3. The zero-order valence-corrected chi connectivity index (χ0v) is 28.3. The quantitative estimate of drug-likeness (QED) is 0.159. The number of nitrogens with zero attached hydrogens (tertiary/aromatic N) is 2. The van der Waals surface area contributed by atoms with Crippen LogP contribution in [-0.2, 0) is 38.8 Å². The van der Waals surface area contributed by atoms with Gasteiger partial charge >= 0.3 is 6.18 Å². The SMILES string of the molecule is CCCNC(=O)[C@@H](Cc1ccccc1)N(Cc1ccc(Br)cc1)C(=O)CN(c1cccc(C(F)(F)F)c1)S(=O)(=O)c1ccc(C)cc1. The molecular formula is C35H35BrF3N3O4S. The van der Waals surface area contributed by atoms with Crippen LogP contribution in [0.1, 0.15) is 35.6 Å². The number of sulfonamides is 1. The van der Waals surface area contributed by atoms with Crippen molar-refractivity contribution >= 4 is 43.5 Å². The highest BCUT2D eigenvalue weighted by Gasteiger charge is 2.36. The number of benzene rings is 4. The molecule has 0 aliphatic rings. The Balaban J connectivity index is 1.83. The second-order valence-corrected chi connectivity index (χ2v) is 13.8. The van der Waals surface area contributed by atoms with E-state index < -0.39 is 46.2 Å². The van der Waals surface area contributed by atoms with E-state index in [1.165, 1.54) is 23.1 Å². The van der Waals surface area contributed by atoms with E-state index in [1.807, 2.05) is 25.1 Å². The number of carbonyl (C=O) groups excluding carboxylic acids is 2. The van der Waals surface area contributed by atoms with Crippen LogP contribution < -0.4 is 9.62 Å². The van der Waals surface area contributed by atoms with E-state index in [4.69, 9.17) is 0 Å². The summed E-state index contributed by atoms with van der Waals surface area (Å²) in [7, 11) is -4.55. The van der Waals surface area contributed by atoms with Gasteiger partial charge in [-0.2, -0.15) is 13.2 Å². The lowest BCUT2D eigenvalue weighted by atomic mass is 10.0. The maximum atomic E-state index is 14.4. The highest BCUT2D eigenvalue weighted by atomic mass is 79.9. The molecule has 0 saturated heterocycles. The van der Waals surface area contributed by atoms with Crippen molar-refractivity contribution in [2.24, 2.45) is 0 Å². The van der Waals surface area contributed by atoms with Gasteiger partial charge in [0, 0.05) is 24.0 Å². The molecule has 1 N–H and O–H groups in total. The average Bonchev–Trinajstić information content (AvgIpc) is 3.05. The number of alkyl halides is 3. The third-order valence-corrected chi connectivity index (χ3v) is 9.75. The third-order valence-electron chi connectivity index (χ3n) is 7.44. The minimum atomic E-state index is -4.76. The summed E-state index contributed by atoms with van der Waals surface area (Å²) in [5.74, 6) is -1.21. The average molecular weight is 731 g/mol. The second-order valence-electron chi connectivity index (χ2n) is 11.0. The maximum Gasteiger partial charge on any atom is 0.416 e. The Hall–Kier alpha value is -4.16. The topological polar surface area (TPSA) is 86.8 Å². The number of hydrogen-bond donors (Lipinski definition) is 1. The Kier molecular flexibility index (Phi) is 11.9. The van der Waals surface area contributed by atoms with Crippen LogP contribution in [0.15, 0.2) is 112 Å². The first-order valence-electron chi connectivity index (χ1n) is 14.9. The van der Waals surface area contributed by atoms with Crippen LogP contribution in [0.5, 0.6) is 0 Å². The molecule has 47 heavy (non-hydrogen) atoms. The van der Waals surface area contributed by atoms with E-state index in [0.29, 0.717) is 28.9 Å². The first-order chi connectivity index (χ1) is 22.3. The number of anilines is 1. The van der Waals surface area contributed by atoms with Crippen LogP contribution in [0.2, 0.25) is 0 Å². The molecule has 0 fully saturated rings. The van der Waals surface area contributed by atoms with Gasteiger partial charge in [0.05, 0.1) is 16.1 Å². The van der Waals surface area contributed by atoms with Crippen molar-refractivity contribution in [3.05, 3.63) is 130 Å². The summed E-state index contributed by atoms with van der Waals surface area (Å²) in [6.07, 6.45) is -4.00. The molecule has 0 radical (unpaired) electrons. The zero-order valence-electron chi connectivity index (χ0n) is 25.9. The number of nitrogens with one attached hydrogen (secondary N) is 1. The summed E-state index contributed by atoms with van der Waals surface area (Å²) in [5.41, 5.74) is 0.786. The second kappa shape index (κ2) is 15.6. The van der Waals surface area contributed by atoms with Gasteiger partial charge in [-0.1, -0.05) is 89.1 Å². The lowest BCUT2D eigenvalue weighted by molar-refractivity contribution is -0.140. The van der Waals surface area contributed by atoms with Crippen molar-refractivity contribution in [3.8, 4) is 0 Å². The fraction of sp³-hybridized carbons (Fsp3) is 0.257. The first-order valence-corrected chi connectivity index (χ1v) is 17.1. The summed E-state index contributed by atoms with van der Waals surface area (Å²) in [6, 6.07) is 24.7. The molecule has 0 unspecified atom stereocenters. The van der Waals surface area contributed by atoms with Gasteiger partial charge in [0.15, 0.2) is 0 Å². The molecule has 4 rings (SSSR count). The van der Waals surface area contributed by atoms with E-state index in [0.717, 1.165) is 27.7 Å². The highest BCUT2D eigenvalue weighted by molar-refractivity contribution is 9.10. The fourth-order valence-corrected chi connectivity index (χ4v) is 6.58. The van der Waals surface area contributed by atoms with Crippen molar-refractivity contribution in [2.75, 3.05) is 17.4 Å². The Bertz CT molecular complexity index is 1770. The Morgan fingerprint density at radius 3 is 2.15 bits per heavy atom. The standard InChI is InChI=1S/C35H35BrF3N3O4S/c1-3-20-40-34(44)32(21-26-8-5-4-6-9-26)41(23-27-14-16-29(36)17-15-27)33(43)24-42(30-11-7-10-28(22-30)35(37,38)39)47(45,46)31-18-12-25(2)13-19-31/h4-19,22,32H,3,20-21,23-24H2,1-2H3,(H,40,44)/t32-/m1/s1. The Morgan fingerprint density at radius 1 is 0.872 bits per heavy atom. The van der Waals surface area contributed by atoms with E-state index in [2.05, 4.69) is 21.2 Å². The highest BCUT2D eigenvalue weighted by Crippen LogP contribution is 2.33. The number of halogens is 4. The smallest absolute Gasteiger partial charge is 0.354 e. The summed E-state index contributed by atoms with van der Waals surface area (Å²) < 4.78 is 70.9. The van der Waals surface area contributed by atoms with Gasteiger partial charge in [-0.05, 0) is 66.9 Å². The van der Waals surface area contributed by atoms with E-state index in [9.17, 15) is 31.2 Å². The summed E-state index contributed by atoms with van der Waals surface area (Å²) in [5, 5.41) is 2.86. The van der Waals surface area contributed by atoms with Crippen molar-refractivity contribution in [2.45, 2.75) is 50.3 Å². The molecule has 4 aromatic carbocycles. The lowest BCUT2D eigenvalue weighted by Crippen LogP contribution is -2.53. The van der Waals surface area contributed by atoms with Crippen LogP contribution >= 0.6 is 15.9 Å². The summed E-state index contributed by atoms with van der Waals surface area (Å²) >= 11 is 3.39. The fourth-order valence-electron chi connectivity index (χ4n) is 4.91. The molecule has 0 heterocycles. The van der Waals surface area contributed by atoms with Gasteiger partial charge in [-0.3, -0.25) is 13.9 Å². The third kappa shape index (κ3) is 9.45. The Labute approximate surface area is 281 Å². The van der Waals surface area contributed by atoms with Crippen LogP contribution in [0.4, 0.5) is 18.9 Å². The van der Waals surface area contributed by atoms with Gasteiger partial charge in [-0.15, -0.1) is 0 Å². The van der Waals surface area contributed by atoms with E-state index in [1.54, 1.807) is 55.5 Å². The van der Waals surface area contributed by atoms with Gasteiger partial charge in [0.1, 0.15) is 12.6 Å². The molecule has 0 aromatic heterocycles. The van der Waals surface area contributed by atoms with Crippen molar-refractivity contribution in [1.82, 2.24) is 10.2 Å². The largest absolute Gasteiger partial charge is 0.416 e. The number of carbonyl (C=O) groups is 2. The van der Waals surface area contributed by atoms with Crippen LogP contribution in [0.25, 0.3) is 0 Å². The van der Waals surface area contributed by atoms with Crippen LogP contribution in [0.3, 0.4) is 0 Å². The molecule has 0 aliphatic heterocycles. The van der Waals surface area contributed by atoms with Gasteiger partial charge in [0.25, 0.3) is 10.0 Å². The molecule has 12 heteroatoms.